The molecule has 2 aromatic rings. The first-order valence-corrected chi connectivity index (χ1v) is 7.95. The molecule has 1 atom stereocenters. The van der Waals surface area contributed by atoms with Gasteiger partial charge in [0.15, 0.2) is 0 Å². The SMILES string of the molecule is CCCC(NCc1csc([N+](=O)[O-])c1)c1cccs1. The second-order valence-corrected chi connectivity index (χ2v) is 6.16. The summed E-state index contributed by atoms with van der Waals surface area (Å²) < 4.78 is 0. The molecule has 0 amide bonds. The Hall–Kier alpha value is -1.24. The zero-order valence-electron chi connectivity index (χ0n) is 10.7. The highest BCUT2D eigenvalue weighted by Gasteiger charge is 2.13. The summed E-state index contributed by atoms with van der Waals surface area (Å²) in [6.07, 6.45) is 2.19. The van der Waals surface area contributed by atoms with E-state index in [1.807, 2.05) is 5.38 Å². The number of hydrogen-bond donors (Lipinski definition) is 1. The number of nitrogens with one attached hydrogen (secondary N) is 1. The third-order valence-corrected chi connectivity index (χ3v) is 4.75. The van der Waals surface area contributed by atoms with Crippen LogP contribution in [-0.2, 0) is 6.54 Å². The Morgan fingerprint density at radius 1 is 1.47 bits per heavy atom. The molecule has 2 rings (SSSR count). The molecule has 4 nitrogen and oxygen atoms in total. The molecule has 0 spiro atoms. The minimum atomic E-state index is -0.336. The van der Waals surface area contributed by atoms with Crippen molar-refractivity contribution in [2.75, 3.05) is 0 Å². The van der Waals surface area contributed by atoms with Crippen molar-refractivity contribution in [3.8, 4) is 0 Å². The van der Waals surface area contributed by atoms with Crippen molar-refractivity contribution in [1.29, 1.82) is 0 Å². The van der Waals surface area contributed by atoms with E-state index in [0.717, 1.165) is 18.4 Å². The fraction of sp³-hybridized carbons (Fsp3) is 0.385. The van der Waals surface area contributed by atoms with Crippen molar-refractivity contribution in [2.45, 2.75) is 32.4 Å². The molecule has 0 saturated carbocycles. The first-order valence-electron chi connectivity index (χ1n) is 6.19. The minimum absolute atomic E-state index is 0.208. The van der Waals surface area contributed by atoms with Gasteiger partial charge in [-0.05, 0) is 23.4 Å². The molecule has 6 heteroatoms. The quantitative estimate of drug-likeness (QED) is 0.610. The summed E-state index contributed by atoms with van der Waals surface area (Å²) in [6.45, 7) is 2.84. The summed E-state index contributed by atoms with van der Waals surface area (Å²) in [5.41, 5.74) is 0.981. The molecule has 2 heterocycles. The molecule has 0 aliphatic carbocycles. The van der Waals surface area contributed by atoms with Crippen molar-refractivity contribution in [2.24, 2.45) is 0 Å². The molecule has 0 aliphatic heterocycles. The van der Waals surface area contributed by atoms with Gasteiger partial charge in [-0.15, -0.1) is 11.3 Å². The van der Waals surface area contributed by atoms with Gasteiger partial charge >= 0.3 is 5.00 Å². The first-order chi connectivity index (χ1) is 9.20. The maximum absolute atomic E-state index is 10.6. The third kappa shape index (κ3) is 3.86. The lowest BCUT2D eigenvalue weighted by atomic mass is 10.1. The molecule has 0 aromatic carbocycles. The molecular weight excluding hydrogens is 280 g/mol. The van der Waals surface area contributed by atoms with Crippen LogP contribution in [0.1, 0.15) is 36.2 Å². The average Bonchev–Trinajstić information content (AvgIpc) is 3.05. The first kappa shape index (κ1) is 14.2. The highest BCUT2D eigenvalue weighted by atomic mass is 32.1. The zero-order chi connectivity index (χ0) is 13.7. The zero-order valence-corrected chi connectivity index (χ0v) is 12.3. The van der Waals surface area contributed by atoms with Crippen LogP contribution in [0, 0.1) is 10.1 Å². The predicted octanol–water partition coefficient (Wildman–Crippen LogP) is 4.35. The van der Waals surface area contributed by atoms with Crippen molar-refractivity contribution >= 4 is 27.7 Å². The summed E-state index contributed by atoms with van der Waals surface area (Å²) in [5.74, 6) is 0. The molecule has 0 fully saturated rings. The van der Waals surface area contributed by atoms with E-state index >= 15 is 0 Å². The van der Waals surface area contributed by atoms with Crippen molar-refractivity contribution < 1.29 is 4.92 Å². The van der Waals surface area contributed by atoms with Gasteiger partial charge in [0.1, 0.15) is 0 Å². The maximum atomic E-state index is 10.6. The minimum Gasteiger partial charge on any atom is -0.305 e. The van der Waals surface area contributed by atoms with Crippen LogP contribution < -0.4 is 5.32 Å². The van der Waals surface area contributed by atoms with Gasteiger partial charge in [-0.1, -0.05) is 30.7 Å². The van der Waals surface area contributed by atoms with E-state index in [0.29, 0.717) is 12.6 Å². The molecular formula is C13H16N2O2S2. The fourth-order valence-corrected chi connectivity index (χ4v) is 3.48. The van der Waals surface area contributed by atoms with Crippen molar-refractivity contribution in [3.05, 3.63) is 49.5 Å². The monoisotopic (exact) mass is 296 g/mol. The number of thiophene rings is 2. The normalized spacial score (nSPS) is 12.5. The van der Waals surface area contributed by atoms with Gasteiger partial charge in [-0.25, -0.2) is 0 Å². The molecule has 0 saturated heterocycles. The molecule has 1 N–H and O–H groups in total. The van der Waals surface area contributed by atoms with Crippen LogP contribution >= 0.6 is 22.7 Å². The van der Waals surface area contributed by atoms with Crippen LogP contribution in [0.25, 0.3) is 0 Å². The van der Waals surface area contributed by atoms with Gasteiger partial charge in [0.2, 0.25) is 0 Å². The van der Waals surface area contributed by atoms with Crippen molar-refractivity contribution in [3.63, 3.8) is 0 Å². The van der Waals surface area contributed by atoms with Crippen LogP contribution in [0.2, 0.25) is 0 Å². The van der Waals surface area contributed by atoms with E-state index in [9.17, 15) is 10.1 Å². The van der Waals surface area contributed by atoms with Gasteiger partial charge in [0.25, 0.3) is 0 Å². The lowest BCUT2D eigenvalue weighted by Gasteiger charge is -2.16. The van der Waals surface area contributed by atoms with E-state index in [1.54, 1.807) is 17.4 Å². The highest BCUT2D eigenvalue weighted by Crippen LogP contribution is 2.26. The summed E-state index contributed by atoms with van der Waals surface area (Å²) >= 11 is 2.93. The number of hydrogen-bond acceptors (Lipinski definition) is 5. The van der Waals surface area contributed by atoms with Crippen LogP contribution in [0.3, 0.4) is 0 Å². The summed E-state index contributed by atoms with van der Waals surface area (Å²) in [6, 6.07) is 6.17. The molecule has 102 valence electrons. The van der Waals surface area contributed by atoms with E-state index < -0.39 is 0 Å². The molecule has 1 unspecified atom stereocenters. The Morgan fingerprint density at radius 2 is 2.32 bits per heavy atom. The lowest BCUT2D eigenvalue weighted by Crippen LogP contribution is -2.19. The van der Waals surface area contributed by atoms with E-state index in [4.69, 9.17) is 0 Å². The number of nitro groups is 1. The Bertz CT molecular complexity index is 522. The molecule has 0 bridgehead atoms. The fourth-order valence-electron chi connectivity index (χ4n) is 1.92. The van der Waals surface area contributed by atoms with E-state index in [2.05, 4.69) is 29.8 Å². The Kier molecular flexibility index (Phi) is 5.07. The van der Waals surface area contributed by atoms with Gasteiger partial charge in [0, 0.05) is 28.9 Å². The predicted molar refractivity (Wildman–Crippen MR) is 79.8 cm³/mol. The van der Waals surface area contributed by atoms with Gasteiger partial charge in [0.05, 0.1) is 4.92 Å². The molecule has 0 aliphatic rings. The van der Waals surface area contributed by atoms with Crippen LogP contribution in [0.4, 0.5) is 5.00 Å². The van der Waals surface area contributed by atoms with Crippen LogP contribution in [-0.4, -0.2) is 4.92 Å². The largest absolute Gasteiger partial charge is 0.324 e. The smallest absolute Gasteiger partial charge is 0.305 e. The summed E-state index contributed by atoms with van der Waals surface area (Å²) in [7, 11) is 0. The third-order valence-electron chi connectivity index (χ3n) is 2.84. The Balaban J connectivity index is 1.96. The van der Waals surface area contributed by atoms with Crippen LogP contribution in [0.5, 0.6) is 0 Å². The lowest BCUT2D eigenvalue weighted by molar-refractivity contribution is -0.380. The molecule has 19 heavy (non-hydrogen) atoms. The molecule has 0 radical (unpaired) electrons. The standard InChI is InChI=1S/C13H16N2O2S2/c1-2-4-11(12-5-3-6-18-12)14-8-10-7-13(15(16)17)19-9-10/h3,5-7,9,11,14H,2,4,8H2,1H3. The summed E-state index contributed by atoms with van der Waals surface area (Å²) in [4.78, 5) is 11.6. The average molecular weight is 296 g/mol. The number of rotatable bonds is 7. The highest BCUT2D eigenvalue weighted by molar-refractivity contribution is 7.13. The Morgan fingerprint density at radius 3 is 2.89 bits per heavy atom. The van der Waals surface area contributed by atoms with E-state index in [-0.39, 0.29) is 9.92 Å². The van der Waals surface area contributed by atoms with Gasteiger partial charge in [-0.3, -0.25) is 10.1 Å². The Labute approximate surface area is 120 Å². The van der Waals surface area contributed by atoms with Gasteiger partial charge in [-0.2, -0.15) is 0 Å². The second kappa shape index (κ2) is 6.79. The second-order valence-electron chi connectivity index (χ2n) is 4.29. The van der Waals surface area contributed by atoms with Crippen LogP contribution in [0.15, 0.2) is 29.0 Å². The molecule has 2 aromatic heterocycles. The topological polar surface area (TPSA) is 55.2 Å². The maximum Gasteiger partial charge on any atom is 0.324 e. The number of nitrogens with zero attached hydrogens (tertiary/aromatic N) is 1. The van der Waals surface area contributed by atoms with Gasteiger partial charge < -0.3 is 5.32 Å². The van der Waals surface area contributed by atoms with E-state index in [1.165, 1.54) is 16.2 Å². The summed E-state index contributed by atoms with van der Waals surface area (Å²) in [5, 5.41) is 18.3. The van der Waals surface area contributed by atoms with Crippen molar-refractivity contribution in [1.82, 2.24) is 5.32 Å².